The quantitative estimate of drug-likeness (QED) is 0.451. The van der Waals surface area contributed by atoms with Crippen LogP contribution in [0.25, 0.3) is 11.3 Å². The van der Waals surface area contributed by atoms with Crippen LogP contribution in [-0.2, 0) is 13.1 Å². The van der Waals surface area contributed by atoms with Crippen LogP contribution >= 0.6 is 23.2 Å². The van der Waals surface area contributed by atoms with Gasteiger partial charge in [0.05, 0.1) is 5.69 Å². The smallest absolute Gasteiger partial charge is 0.0705 e. The van der Waals surface area contributed by atoms with Crippen LogP contribution in [0.5, 0.6) is 0 Å². The van der Waals surface area contributed by atoms with Gasteiger partial charge < -0.3 is 0 Å². The Balaban J connectivity index is 1.39. The summed E-state index contributed by atoms with van der Waals surface area (Å²) in [6, 6.07) is 14.6. The molecular weight excluding hydrogens is 425 g/mol. The van der Waals surface area contributed by atoms with E-state index in [1.807, 2.05) is 24.4 Å². The molecule has 0 amide bonds. The number of pyridine rings is 1. The zero-order valence-electron chi connectivity index (χ0n) is 18.5. The van der Waals surface area contributed by atoms with Crippen molar-refractivity contribution in [2.24, 2.45) is 0 Å². The van der Waals surface area contributed by atoms with Gasteiger partial charge in [0.1, 0.15) is 0 Å². The molecular formula is C26H29Cl2N3. The lowest BCUT2D eigenvalue weighted by atomic mass is 9.98. The molecule has 5 heteroatoms. The third kappa shape index (κ3) is 5.30. The number of halogens is 2. The van der Waals surface area contributed by atoms with Gasteiger partial charge in [-0.05, 0) is 79.4 Å². The molecule has 31 heavy (non-hydrogen) atoms. The Bertz CT molecular complexity index is 1030. The van der Waals surface area contributed by atoms with Gasteiger partial charge in [0.2, 0.25) is 0 Å². The summed E-state index contributed by atoms with van der Waals surface area (Å²) in [5, 5.41) is 1.50. The number of benzene rings is 2. The lowest BCUT2D eigenvalue weighted by Gasteiger charge is -2.35. The maximum Gasteiger partial charge on any atom is 0.0705 e. The fraction of sp³-hybridized carbons (Fsp3) is 0.346. The molecule has 0 bridgehead atoms. The van der Waals surface area contributed by atoms with Crippen LogP contribution in [0, 0.1) is 20.8 Å². The first kappa shape index (κ1) is 22.3. The first-order valence-corrected chi connectivity index (χ1v) is 11.6. The van der Waals surface area contributed by atoms with Crippen molar-refractivity contribution in [1.82, 2.24) is 14.8 Å². The first-order valence-electron chi connectivity index (χ1n) is 10.8. The Morgan fingerprint density at radius 3 is 2.00 bits per heavy atom. The summed E-state index contributed by atoms with van der Waals surface area (Å²) in [6.45, 7) is 12.3. The third-order valence-electron chi connectivity index (χ3n) is 6.36. The lowest BCUT2D eigenvalue weighted by Crippen LogP contribution is -2.45. The molecule has 162 valence electrons. The largest absolute Gasteiger partial charge is 0.297 e. The minimum absolute atomic E-state index is 0.751. The summed E-state index contributed by atoms with van der Waals surface area (Å²) >= 11 is 12.7. The molecule has 1 saturated heterocycles. The van der Waals surface area contributed by atoms with Crippen molar-refractivity contribution in [3.63, 3.8) is 0 Å². The van der Waals surface area contributed by atoms with E-state index >= 15 is 0 Å². The Hall–Kier alpha value is -1.91. The highest BCUT2D eigenvalue weighted by Crippen LogP contribution is 2.27. The molecule has 0 saturated carbocycles. The molecule has 1 aromatic heterocycles. The SMILES string of the molecule is Cc1cc(-c2cc(CN3CCN(Cc4c(Cl)cccc4Cl)CC3)ccn2)cc(C)c1C. The number of piperazine rings is 1. The maximum atomic E-state index is 6.35. The van der Waals surface area contributed by atoms with E-state index < -0.39 is 0 Å². The van der Waals surface area contributed by atoms with Crippen LogP contribution in [0.2, 0.25) is 10.0 Å². The number of hydrogen-bond acceptors (Lipinski definition) is 3. The Morgan fingerprint density at radius 2 is 1.39 bits per heavy atom. The Morgan fingerprint density at radius 1 is 0.806 bits per heavy atom. The molecule has 3 nitrogen and oxygen atoms in total. The normalized spacial score (nSPS) is 15.4. The van der Waals surface area contributed by atoms with E-state index in [0.717, 1.165) is 60.6 Å². The zero-order valence-corrected chi connectivity index (χ0v) is 20.0. The standard InChI is InChI=1S/C26H29Cl2N3/c1-18-13-22(14-19(2)20(18)3)26-15-21(7-8-29-26)16-30-9-11-31(12-10-30)17-23-24(27)5-4-6-25(23)28/h4-8,13-15H,9-12,16-17H2,1-3H3. The van der Waals surface area contributed by atoms with Gasteiger partial charge in [0, 0.05) is 66.6 Å². The van der Waals surface area contributed by atoms with Gasteiger partial charge in [0.15, 0.2) is 0 Å². The van der Waals surface area contributed by atoms with Crippen molar-refractivity contribution in [1.29, 1.82) is 0 Å². The maximum absolute atomic E-state index is 6.35. The number of aryl methyl sites for hydroxylation is 2. The summed E-state index contributed by atoms with van der Waals surface area (Å²) in [6.07, 6.45) is 1.94. The van der Waals surface area contributed by atoms with E-state index in [0.29, 0.717) is 0 Å². The second-order valence-corrected chi connectivity index (χ2v) is 9.35. The van der Waals surface area contributed by atoms with Gasteiger partial charge in [-0.1, -0.05) is 29.3 Å². The van der Waals surface area contributed by atoms with Gasteiger partial charge in [-0.2, -0.15) is 0 Å². The molecule has 0 aliphatic carbocycles. The highest BCUT2D eigenvalue weighted by molar-refractivity contribution is 6.35. The van der Waals surface area contributed by atoms with Crippen LogP contribution in [0.3, 0.4) is 0 Å². The average Bonchev–Trinajstić information content (AvgIpc) is 2.76. The van der Waals surface area contributed by atoms with Gasteiger partial charge in [-0.15, -0.1) is 0 Å². The minimum Gasteiger partial charge on any atom is -0.297 e. The molecule has 0 radical (unpaired) electrons. The molecule has 1 aliphatic heterocycles. The van der Waals surface area contributed by atoms with E-state index in [-0.39, 0.29) is 0 Å². The van der Waals surface area contributed by atoms with Gasteiger partial charge in [-0.25, -0.2) is 0 Å². The van der Waals surface area contributed by atoms with E-state index in [1.165, 1.54) is 27.8 Å². The molecule has 4 rings (SSSR count). The predicted molar refractivity (Wildman–Crippen MR) is 131 cm³/mol. The van der Waals surface area contributed by atoms with Gasteiger partial charge in [0.25, 0.3) is 0 Å². The molecule has 2 heterocycles. The fourth-order valence-corrected chi connectivity index (χ4v) is 4.70. The lowest BCUT2D eigenvalue weighted by molar-refractivity contribution is 0.122. The summed E-state index contributed by atoms with van der Waals surface area (Å²) in [7, 11) is 0. The number of nitrogens with zero attached hydrogens (tertiary/aromatic N) is 3. The monoisotopic (exact) mass is 453 g/mol. The highest BCUT2D eigenvalue weighted by Gasteiger charge is 2.19. The predicted octanol–water partition coefficient (Wildman–Crippen LogP) is 6.30. The minimum atomic E-state index is 0.751. The molecule has 0 N–H and O–H groups in total. The molecule has 0 unspecified atom stereocenters. The summed E-state index contributed by atoms with van der Waals surface area (Å²) in [4.78, 5) is 9.58. The Labute approximate surface area is 195 Å². The van der Waals surface area contributed by atoms with E-state index in [9.17, 15) is 0 Å². The third-order valence-corrected chi connectivity index (χ3v) is 7.07. The molecule has 2 aromatic carbocycles. The summed E-state index contributed by atoms with van der Waals surface area (Å²) < 4.78 is 0. The van der Waals surface area contributed by atoms with Crippen LogP contribution in [0.15, 0.2) is 48.7 Å². The van der Waals surface area contributed by atoms with Crippen molar-refractivity contribution < 1.29 is 0 Å². The van der Waals surface area contributed by atoms with Crippen LogP contribution in [-0.4, -0.2) is 41.0 Å². The molecule has 0 atom stereocenters. The number of rotatable bonds is 5. The Kier molecular flexibility index (Phi) is 6.98. The fourth-order valence-electron chi connectivity index (χ4n) is 4.18. The summed E-state index contributed by atoms with van der Waals surface area (Å²) in [5.41, 5.74) is 8.58. The number of aromatic nitrogens is 1. The van der Waals surface area contributed by atoms with Gasteiger partial charge >= 0.3 is 0 Å². The van der Waals surface area contributed by atoms with Crippen LogP contribution in [0.4, 0.5) is 0 Å². The molecule has 0 spiro atoms. The van der Waals surface area contributed by atoms with Crippen molar-refractivity contribution in [2.45, 2.75) is 33.9 Å². The topological polar surface area (TPSA) is 19.4 Å². The molecule has 1 fully saturated rings. The van der Waals surface area contributed by atoms with Crippen LogP contribution < -0.4 is 0 Å². The molecule has 1 aliphatic rings. The average molecular weight is 454 g/mol. The first-order chi connectivity index (χ1) is 14.9. The summed E-state index contributed by atoms with van der Waals surface area (Å²) in [5.74, 6) is 0. The second kappa shape index (κ2) is 9.70. The van der Waals surface area contributed by atoms with Gasteiger partial charge in [-0.3, -0.25) is 14.8 Å². The number of hydrogen-bond donors (Lipinski definition) is 0. The van der Waals surface area contributed by atoms with Crippen molar-refractivity contribution in [3.05, 3.63) is 86.5 Å². The van der Waals surface area contributed by atoms with Crippen molar-refractivity contribution in [3.8, 4) is 11.3 Å². The van der Waals surface area contributed by atoms with E-state index in [4.69, 9.17) is 23.2 Å². The van der Waals surface area contributed by atoms with E-state index in [1.54, 1.807) is 0 Å². The van der Waals surface area contributed by atoms with Crippen molar-refractivity contribution >= 4 is 23.2 Å². The van der Waals surface area contributed by atoms with E-state index in [2.05, 4.69) is 59.8 Å². The zero-order chi connectivity index (χ0) is 22.0. The highest BCUT2D eigenvalue weighted by atomic mass is 35.5. The van der Waals surface area contributed by atoms with Crippen molar-refractivity contribution in [2.75, 3.05) is 26.2 Å². The van der Waals surface area contributed by atoms with Crippen LogP contribution in [0.1, 0.15) is 27.8 Å². The second-order valence-electron chi connectivity index (χ2n) is 8.54. The molecule has 3 aromatic rings.